The Morgan fingerprint density at radius 3 is 2.76 bits per heavy atom. The topological polar surface area (TPSA) is 30.5 Å². The minimum absolute atomic E-state index is 0.564. The maximum atomic E-state index is 5.94. The highest BCUT2D eigenvalue weighted by molar-refractivity contribution is 9.10. The van der Waals surface area contributed by atoms with Crippen molar-refractivity contribution in [1.29, 1.82) is 0 Å². The number of nitrogens with one attached hydrogen (secondary N) is 1. The highest BCUT2D eigenvalue weighted by atomic mass is 79.9. The molecule has 0 aliphatic rings. The number of halogens is 1. The third-order valence-corrected chi connectivity index (χ3v) is 3.55. The van der Waals surface area contributed by atoms with E-state index in [4.69, 9.17) is 9.47 Å². The van der Waals surface area contributed by atoms with Crippen LogP contribution >= 0.6 is 15.9 Å². The van der Waals surface area contributed by atoms with Gasteiger partial charge in [-0.1, -0.05) is 46.3 Å². The van der Waals surface area contributed by atoms with Crippen LogP contribution in [-0.4, -0.2) is 20.3 Å². The first-order valence-corrected chi connectivity index (χ1v) is 7.73. The summed E-state index contributed by atoms with van der Waals surface area (Å²) in [6, 6.07) is 16.3. The Kier molecular flexibility index (Phi) is 6.73. The molecule has 0 aliphatic heterocycles. The number of ether oxygens (including phenoxy) is 2. The molecule has 4 heteroatoms. The van der Waals surface area contributed by atoms with Gasteiger partial charge >= 0.3 is 0 Å². The Morgan fingerprint density at radius 2 is 1.95 bits per heavy atom. The third-order valence-electron chi connectivity index (χ3n) is 3.05. The van der Waals surface area contributed by atoms with Gasteiger partial charge in [0.2, 0.25) is 0 Å². The van der Waals surface area contributed by atoms with Crippen LogP contribution in [0.25, 0.3) is 0 Å². The molecule has 21 heavy (non-hydrogen) atoms. The molecule has 0 fully saturated rings. The van der Waals surface area contributed by atoms with Gasteiger partial charge in [-0.2, -0.15) is 0 Å². The van der Waals surface area contributed by atoms with Crippen LogP contribution in [0.4, 0.5) is 0 Å². The summed E-state index contributed by atoms with van der Waals surface area (Å²) in [5.41, 5.74) is 2.30. The van der Waals surface area contributed by atoms with Gasteiger partial charge in [0.15, 0.2) is 0 Å². The lowest BCUT2D eigenvalue weighted by Gasteiger charge is -2.12. The predicted molar refractivity (Wildman–Crippen MR) is 88.5 cm³/mol. The standard InChI is InChI=1S/C17H20BrNO2/c1-20-10-9-19-12-15-6-2-3-8-17(15)21-13-14-5-4-7-16(18)11-14/h2-8,11,19H,9-10,12-13H2,1H3. The van der Waals surface area contributed by atoms with Crippen molar-refractivity contribution >= 4 is 15.9 Å². The number of para-hydroxylation sites is 1. The van der Waals surface area contributed by atoms with Crippen LogP contribution in [0.2, 0.25) is 0 Å². The SMILES string of the molecule is COCCNCc1ccccc1OCc1cccc(Br)c1. The molecular weight excluding hydrogens is 330 g/mol. The molecule has 112 valence electrons. The molecular formula is C17H20BrNO2. The Balaban J connectivity index is 1.93. The second-order valence-electron chi connectivity index (χ2n) is 4.70. The van der Waals surface area contributed by atoms with Crippen molar-refractivity contribution in [2.45, 2.75) is 13.2 Å². The first-order valence-electron chi connectivity index (χ1n) is 6.94. The van der Waals surface area contributed by atoms with Gasteiger partial charge in [-0.3, -0.25) is 0 Å². The van der Waals surface area contributed by atoms with Crippen LogP contribution in [0.5, 0.6) is 5.75 Å². The van der Waals surface area contributed by atoms with E-state index in [-0.39, 0.29) is 0 Å². The maximum Gasteiger partial charge on any atom is 0.124 e. The van der Waals surface area contributed by atoms with Crippen molar-refractivity contribution in [2.75, 3.05) is 20.3 Å². The first-order chi connectivity index (χ1) is 10.3. The number of hydrogen-bond donors (Lipinski definition) is 1. The van der Waals surface area contributed by atoms with Crippen LogP contribution in [0.1, 0.15) is 11.1 Å². The summed E-state index contributed by atoms with van der Waals surface area (Å²) in [5, 5.41) is 3.34. The summed E-state index contributed by atoms with van der Waals surface area (Å²) in [4.78, 5) is 0. The molecule has 0 aromatic heterocycles. The molecule has 0 bridgehead atoms. The Morgan fingerprint density at radius 1 is 1.10 bits per heavy atom. The van der Waals surface area contributed by atoms with Gasteiger partial charge in [0, 0.05) is 30.2 Å². The van der Waals surface area contributed by atoms with E-state index < -0.39 is 0 Å². The molecule has 0 heterocycles. The van der Waals surface area contributed by atoms with Crippen molar-refractivity contribution < 1.29 is 9.47 Å². The van der Waals surface area contributed by atoms with Gasteiger partial charge in [-0.15, -0.1) is 0 Å². The van der Waals surface area contributed by atoms with Crippen LogP contribution in [0.15, 0.2) is 53.0 Å². The van der Waals surface area contributed by atoms with Crippen molar-refractivity contribution in [3.63, 3.8) is 0 Å². The Labute approximate surface area is 134 Å². The molecule has 2 aromatic carbocycles. The van der Waals surface area contributed by atoms with Gasteiger partial charge in [0.1, 0.15) is 12.4 Å². The molecule has 3 nitrogen and oxygen atoms in total. The number of rotatable bonds is 8. The second-order valence-corrected chi connectivity index (χ2v) is 5.61. The van der Waals surface area contributed by atoms with Gasteiger partial charge in [0.25, 0.3) is 0 Å². The van der Waals surface area contributed by atoms with Gasteiger partial charge in [0.05, 0.1) is 6.61 Å². The van der Waals surface area contributed by atoms with Crippen molar-refractivity contribution in [3.8, 4) is 5.75 Å². The van der Waals surface area contributed by atoms with E-state index in [2.05, 4.69) is 39.4 Å². The van der Waals surface area contributed by atoms with Crippen molar-refractivity contribution in [2.24, 2.45) is 0 Å². The zero-order valence-electron chi connectivity index (χ0n) is 12.1. The largest absolute Gasteiger partial charge is 0.489 e. The quantitative estimate of drug-likeness (QED) is 0.736. The zero-order valence-corrected chi connectivity index (χ0v) is 13.7. The van der Waals surface area contributed by atoms with Crippen LogP contribution < -0.4 is 10.1 Å². The highest BCUT2D eigenvalue weighted by Crippen LogP contribution is 2.20. The summed E-state index contributed by atoms with van der Waals surface area (Å²) >= 11 is 3.47. The molecule has 0 atom stereocenters. The summed E-state index contributed by atoms with van der Waals surface area (Å²) < 4.78 is 12.0. The summed E-state index contributed by atoms with van der Waals surface area (Å²) in [5.74, 6) is 0.919. The normalized spacial score (nSPS) is 10.6. The summed E-state index contributed by atoms with van der Waals surface area (Å²) in [6.07, 6.45) is 0. The second kappa shape index (κ2) is 8.82. The van der Waals surface area contributed by atoms with Crippen LogP contribution in [0, 0.1) is 0 Å². The average molecular weight is 350 g/mol. The summed E-state index contributed by atoms with van der Waals surface area (Å²) in [7, 11) is 1.71. The fraction of sp³-hybridized carbons (Fsp3) is 0.294. The minimum atomic E-state index is 0.564. The Bertz CT molecular complexity index is 560. The van der Waals surface area contributed by atoms with Crippen molar-refractivity contribution in [3.05, 3.63) is 64.1 Å². The molecule has 0 radical (unpaired) electrons. The monoisotopic (exact) mass is 349 g/mol. The van der Waals surface area contributed by atoms with E-state index in [0.717, 1.165) is 34.4 Å². The lowest BCUT2D eigenvalue weighted by atomic mass is 10.2. The third kappa shape index (κ3) is 5.50. The van der Waals surface area contributed by atoms with Gasteiger partial charge < -0.3 is 14.8 Å². The Hall–Kier alpha value is -1.36. The molecule has 0 saturated heterocycles. The molecule has 0 spiro atoms. The van der Waals surface area contributed by atoms with E-state index in [1.807, 2.05) is 30.3 Å². The molecule has 0 amide bonds. The lowest BCUT2D eigenvalue weighted by molar-refractivity contribution is 0.199. The number of hydrogen-bond acceptors (Lipinski definition) is 3. The van der Waals surface area contributed by atoms with Gasteiger partial charge in [-0.25, -0.2) is 0 Å². The van der Waals surface area contributed by atoms with E-state index >= 15 is 0 Å². The molecule has 2 rings (SSSR count). The predicted octanol–water partition coefficient (Wildman–Crippen LogP) is 3.76. The molecule has 2 aromatic rings. The maximum absolute atomic E-state index is 5.94. The van der Waals surface area contributed by atoms with E-state index in [0.29, 0.717) is 13.2 Å². The van der Waals surface area contributed by atoms with E-state index in [1.165, 1.54) is 0 Å². The van der Waals surface area contributed by atoms with Crippen molar-refractivity contribution in [1.82, 2.24) is 5.32 Å². The molecule has 0 unspecified atom stereocenters. The van der Waals surface area contributed by atoms with E-state index in [9.17, 15) is 0 Å². The highest BCUT2D eigenvalue weighted by Gasteiger charge is 2.03. The van der Waals surface area contributed by atoms with Crippen LogP contribution in [-0.2, 0) is 17.9 Å². The minimum Gasteiger partial charge on any atom is -0.489 e. The fourth-order valence-electron chi connectivity index (χ4n) is 1.98. The van der Waals surface area contributed by atoms with Crippen LogP contribution in [0.3, 0.4) is 0 Å². The fourth-order valence-corrected chi connectivity index (χ4v) is 2.42. The molecule has 1 N–H and O–H groups in total. The average Bonchev–Trinajstić information content (AvgIpc) is 2.50. The molecule has 0 saturated carbocycles. The number of benzene rings is 2. The lowest BCUT2D eigenvalue weighted by Crippen LogP contribution is -2.19. The van der Waals surface area contributed by atoms with E-state index in [1.54, 1.807) is 7.11 Å². The summed E-state index contributed by atoms with van der Waals surface area (Å²) in [6.45, 7) is 2.88. The molecule has 0 aliphatic carbocycles. The number of methoxy groups -OCH3 is 1. The zero-order chi connectivity index (χ0) is 14.9. The van der Waals surface area contributed by atoms with Gasteiger partial charge in [-0.05, 0) is 23.8 Å². The first kappa shape index (κ1) is 16.0. The smallest absolute Gasteiger partial charge is 0.124 e.